The van der Waals surface area contributed by atoms with E-state index in [9.17, 15) is 0 Å². The Balaban J connectivity index is 1.60. The van der Waals surface area contributed by atoms with Gasteiger partial charge in [-0.05, 0) is 79.2 Å². The number of benzene rings is 6. The number of hydrogen-bond acceptors (Lipinski definition) is 0. The molecule has 0 fully saturated rings. The Bertz CT molecular complexity index is 1880. The largest absolute Gasteiger partial charge is 0.340 e. The first-order valence-corrected chi connectivity index (χ1v) is 16.5. The van der Waals surface area contributed by atoms with Gasteiger partial charge in [-0.2, -0.15) is 0 Å². The van der Waals surface area contributed by atoms with Crippen LogP contribution < -0.4 is 8.97 Å². The minimum Gasteiger partial charge on any atom is -0.340 e. The lowest BCUT2D eigenvalue weighted by molar-refractivity contribution is 0.186. The van der Waals surface area contributed by atoms with Crippen LogP contribution in [0, 0.1) is 0 Å². The summed E-state index contributed by atoms with van der Waals surface area (Å²) in [4.78, 5) is 0. The van der Waals surface area contributed by atoms with Gasteiger partial charge in [0.2, 0.25) is 0 Å². The minimum absolute atomic E-state index is 0.0863. The average molecular weight is 602 g/mol. The molecular weight excluding hydrogens is 558 g/mol. The van der Waals surface area contributed by atoms with Crippen LogP contribution in [0.1, 0.15) is 31.5 Å². The van der Waals surface area contributed by atoms with E-state index < -0.39 is 0 Å². The van der Waals surface area contributed by atoms with E-state index in [1.807, 2.05) is 0 Å². The molecule has 0 aliphatic heterocycles. The van der Waals surface area contributed by atoms with E-state index in [4.69, 9.17) is 0 Å². The summed E-state index contributed by atoms with van der Waals surface area (Å²) >= 11 is 0. The maximum atomic E-state index is 2.53. The second-order valence-corrected chi connectivity index (χ2v) is 12.7. The fraction of sp³-hybridized carbons (Fsp3) is 0.163. The molecule has 7 rings (SSSR count). The number of aryl methyl sites for hydroxylation is 1. The summed E-state index contributed by atoms with van der Waals surface area (Å²) in [5, 5.41) is 2.63. The monoisotopic (exact) mass is 601 g/mol. The van der Waals surface area contributed by atoms with Gasteiger partial charge in [0.25, 0.3) is 6.17 Å². The highest BCUT2D eigenvalue weighted by Crippen LogP contribution is 2.52. The third-order valence-corrected chi connectivity index (χ3v) is 9.98. The smallest absolute Gasteiger partial charge is 0.261 e. The van der Waals surface area contributed by atoms with Gasteiger partial charge in [0.1, 0.15) is 22.7 Å². The molecule has 0 bridgehead atoms. The first kappa shape index (κ1) is 29.7. The van der Waals surface area contributed by atoms with Gasteiger partial charge in [0.15, 0.2) is 0 Å². The van der Waals surface area contributed by atoms with Gasteiger partial charge in [-0.25, -0.2) is 8.97 Å². The van der Waals surface area contributed by atoms with Crippen molar-refractivity contribution in [1.82, 2.24) is 13.5 Å². The van der Waals surface area contributed by atoms with Crippen LogP contribution in [0.15, 0.2) is 164 Å². The molecule has 3 nitrogen and oxygen atoms in total. The third kappa shape index (κ3) is 4.93. The van der Waals surface area contributed by atoms with Gasteiger partial charge in [0.05, 0.1) is 19.7 Å². The molecule has 46 heavy (non-hydrogen) atoms. The Morgan fingerprint density at radius 1 is 0.478 bits per heavy atom. The van der Waals surface area contributed by atoms with E-state index in [1.54, 1.807) is 0 Å². The van der Waals surface area contributed by atoms with Gasteiger partial charge >= 0.3 is 0 Å². The molecule has 0 saturated heterocycles. The molecule has 0 saturated carbocycles. The fourth-order valence-electron chi connectivity index (χ4n) is 7.66. The van der Waals surface area contributed by atoms with Crippen LogP contribution in [0.4, 0.5) is 22.7 Å². The molecule has 228 valence electrons. The lowest BCUT2D eigenvalue weighted by Gasteiger charge is -2.49. The van der Waals surface area contributed by atoms with E-state index in [2.05, 4.69) is 189 Å². The van der Waals surface area contributed by atoms with Gasteiger partial charge in [0, 0.05) is 28.4 Å². The molecule has 0 unspecified atom stereocenters. The normalized spacial score (nSPS) is 12.3. The number of aromatic nitrogens is 1. The molecule has 0 aliphatic rings. The Kier molecular flexibility index (Phi) is 8.04. The molecule has 3 heteroatoms. The number of quaternary nitrogens is 2. The summed E-state index contributed by atoms with van der Waals surface area (Å²) in [5.41, 5.74) is 8.85. The first-order chi connectivity index (χ1) is 22.6. The number of hydrogen-bond donors (Lipinski definition) is 0. The van der Waals surface area contributed by atoms with Crippen molar-refractivity contribution in [1.29, 1.82) is 0 Å². The van der Waals surface area contributed by atoms with E-state index in [1.165, 1.54) is 56.5 Å². The molecule has 0 radical (unpaired) electrons. The Morgan fingerprint density at radius 2 is 0.891 bits per heavy atom. The van der Waals surface area contributed by atoms with Crippen molar-refractivity contribution in [2.75, 3.05) is 14.1 Å². The number of nitrogens with zero attached hydrogens (tertiary/aromatic N) is 3. The zero-order valence-corrected chi connectivity index (χ0v) is 27.1. The van der Waals surface area contributed by atoms with Crippen molar-refractivity contribution >= 4 is 44.6 Å². The molecule has 1 heterocycles. The maximum Gasteiger partial charge on any atom is 0.261 e. The molecule has 0 N–H and O–H groups in total. The molecule has 6 aromatic carbocycles. The quantitative estimate of drug-likeness (QED) is 0.109. The number of para-hydroxylation sites is 5. The SMILES string of the molecule is CCCCn1c2ccccc2c2cc(C([N+](C)(c3ccccc3)c3ccccc3)[N+](C)(c3ccccc3)c3ccccc3)ccc21. The first-order valence-electron chi connectivity index (χ1n) is 16.5. The lowest BCUT2D eigenvalue weighted by atomic mass is 9.98. The molecule has 7 aromatic rings. The second-order valence-electron chi connectivity index (χ2n) is 12.7. The van der Waals surface area contributed by atoms with Crippen LogP contribution in [0.25, 0.3) is 21.8 Å². The van der Waals surface area contributed by atoms with E-state index in [0.29, 0.717) is 8.97 Å². The van der Waals surface area contributed by atoms with Crippen LogP contribution >= 0.6 is 0 Å². The summed E-state index contributed by atoms with van der Waals surface area (Å²) in [6.45, 7) is 3.29. The van der Waals surface area contributed by atoms with Crippen molar-refractivity contribution in [3.63, 3.8) is 0 Å². The number of rotatable bonds is 10. The topological polar surface area (TPSA) is 4.93 Å². The Hall–Kier alpha value is -4.96. The predicted octanol–water partition coefficient (Wildman–Crippen LogP) is 11.5. The Morgan fingerprint density at radius 3 is 1.35 bits per heavy atom. The van der Waals surface area contributed by atoms with Crippen LogP contribution in [0.3, 0.4) is 0 Å². The van der Waals surface area contributed by atoms with Crippen molar-refractivity contribution < 1.29 is 0 Å². The summed E-state index contributed by atoms with van der Waals surface area (Å²) in [5.74, 6) is 0. The van der Waals surface area contributed by atoms with Crippen LogP contribution in [0.5, 0.6) is 0 Å². The molecule has 0 amide bonds. The zero-order valence-electron chi connectivity index (χ0n) is 27.1. The highest BCUT2D eigenvalue weighted by molar-refractivity contribution is 6.08. The molecule has 0 aliphatic carbocycles. The lowest BCUT2D eigenvalue weighted by Crippen LogP contribution is -2.59. The zero-order chi connectivity index (χ0) is 31.6. The van der Waals surface area contributed by atoms with Crippen LogP contribution in [-0.2, 0) is 6.54 Å². The third-order valence-electron chi connectivity index (χ3n) is 9.98. The average Bonchev–Trinajstić information content (AvgIpc) is 3.44. The van der Waals surface area contributed by atoms with E-state index >= 15 is 0 Å². The van der Waals surface area contributed by atoms with Crippen LogP contribution in [0.2, 0.25) is 0 Å². The van der Waals surface area contributed by atoms with Gasteiger partial charge < -0.3 is 4.57 Å². The highest BCUT2D eigenvalue weighted by Gasteiger charge is 2.53. The van der Waals surface area contributed by atoms with Crippen molar-refractivity contribution in [3.8, 4) is 0 Å². The molecule has 0 atom stereocenters. The van der Waals surface area contributed by atoms with Crippen molar-refractivity contribution in [3.05, 3.63) is 169 Å². The maximum absolute atomic E-state index is 2.53. The Labute approximate surface area is 273 Å². The molecular formula is C43H43N3+2. The second kappa shape index (κ2) is 12.4. The standard InChI is InChI=1S/C43H43N3/c1-4-5-32-44-41-29-19-18-28-39(41)40-33-34(30-31-42(40)44)43(45(2,35-20-10-6-11-21-35)36-22-12-7-13-23-36)46(3,37-24-14-8-15-25-37)38-26-16-9-17-27-38/h6-31,33,43H,4-5,32H2,1-3H3/q+2. The summed E-state index contributed by atoms with van der Waals surface area (Å²) in [6.07, 6.45) is 2.24. The summed E-state index contributed by atoms with van der Waals surface area (Å²) in [7, 11) is 4.79. The van der Waals surface area contributed by atoms with E-state index in [-0.39, 0.29) is 6.17 Å². The van der Waals surface area contributed by atoms with Crippen LogP contribution in [-0.4, -0.2) is 18.7 Å². The predicted molar refractivity (Wildman–Crippen MR) is 198 cm³/mol. The minimum atomic E-state index is -0.0863. The van der Waals surface area contributed by atoms with Gasteiger partial charge in [-0.15, -0.1) is 0 Å². The summed E-state index contributed by atoms with van der Waals surface area (Å²) < 4.78 is 3.67. The van der Waals surface area contributed by atoms with Crippen molar-refractivity contribution in [2.24, 2.45) is 0 Å². The summed E-state index contributed by atoms with van der Waals surface area (Å²) in [6, 6.07) is 60.4. The van der Waals surface area contributed by atoms with Gasteiger partial charge in [-0.1, -0.05) is 104 Å². The number of unbranched alkanes of at least 4 members (excludes halogenated alkanes) is 1. The van der Waals surface area contributed by atoms with Gasteiger partial charge in [-0.3, -0.25) is 0 Å². The van der Waals surface area contributed by atoms with E-state index in [0.717, 1.165) is 13.0 Å². The fourth-order valence-corrected chi connectivity index (χ4v) is 7.66. The molecule has 1 aromatic heterocycles. The highest BCUT2D eigenvalue weighted by atomic mass is 15.6. The number of fused-ring (bicyclic) bond motifs is 3. The van der Waals surface area contributed by atoms with Crippen molar-refractivity contribution in [2.45, 2.75) is 32.5 Å². The molecule has 0 spiro atoms.